The number of halogens is 3. The molecule has 1 N–H and O–H groups in total. The van der Waals surface area contributed by atoms with Crippen LogP contribution in [0.4, 0.5) is 10.5 Å². The smallest absolute Gasteiger partial charge is 0.347 e. The molecule has 0 spiro atoms. The number of hydrogen-bond acceptors (Lipinski definition) is 1. The number of amides is 2. The minimum absolute atomic E-state index is 0.283. The van der Waals surface area contributed by atoms with E-state index in [0.29, 0.717) is 10.7 Å². The van der Waals surface area contributed by atoms with Crippen molar-refractivity contribution in [2.75, 3.05) is 18.9 Å². The first-order valence-electron chi connectivity index (χ1n) is 5.71. The van der Waals surface area contributed by atoms with Gasteiger partial charge in [-0.1, -0.05) is 34.8 Å². The Bertz CT molecular complexity index is 522. The van der Waals surface area contributed by atoms with Crippen molar-refractivity contribution < 1.29 is 4.79 Å². The molecule has 1 aliphatic heterocycles. The van der Waals surface area contributed by atoms with Crippen LogP contribution in [0.3, 0.4) is 0 Å². The highest BCUT2D eigenvalue weighted by atomic mass is 35.5. The predicted molar refractivity (Wildman–Crippen MR) is 79.8 cm³/mol. The number of carbonyl (C=O) groups is 1. The number of hydrogen-bond donors (Lipinski definition) is 1. The lowest BCUT2D eigenvalue weighted by molar-refractivity contribution is 0.259. The fraction of sp³-hybridized carbons (Fsp3) is 0.333. The van der Waals surface area contributed by atoms with E-state index in [1.165, 1.54) is 12.1 Å². The zero-order valence-electron chi connectivity index (χ0n) is 10.2. The minimum Gasteiger partial charge on any atom is -0.363 e. The van der Waals surface area contributed by atoms with Crippen LogP contribution in [0.2, 0.25) is 15.1 Å². The molecule has 1 aromatic carbocycles. The van der Waals surface area contributed by atoms with Gasteiger partial charge in [0, 0.05) is 25.0 Å². The van der Waals surface area contributed by atoms with Gasteiger partial charge in [-0.15, -0.1) is 0 Å². The maximum Gasteiger partial charge on any atom is 0.347 e. The van der Waals surface area contributed by atoms with Crippen LogP contribution in [0.5, 0.6) is 0 Å². The molecule has 1 heterocycles. The second kappa shape index (κ2) is 5.99. The summed E-state index contributed by atoms with van der Waals surface area (Å²) >= 11 is 17.8. The summed E-state index contributed by atoms with van der Waals surface area (Å²) in [5, 5.41) is 3.56. The average Bonchev–Trinajstić information content (AvgIpc) is 2.69. The van der Waals surface area contributed by atoms with Crippen molar-refractivity contribution in [1.82, 2.24) is 4.90 Å². The van der Waals surface area contributed by atoms with E-state index >= 15 is 0 Å². The zero-order chi connectivity index (χ0) is 14.0. The highest BCUT2D eigenvalue weighted by molar-refractivity contribution is 6.42. The molecule has 2 amide bonds. The Morgan fingerprint density at radius 1 is 1.32 bits per heavy atom. The Hall–Kier alpha value is -0.970. The van der Waals surface area contributed by atoms with Gasteiger partial charge >= 0.3 is 6.03 Å². The van der Waals surface area contributed by atoms with E-state index in [9.17, 15) is 4.79 Å². The molecule has 1 saturated heterocycles. The van der Waals surface area contributed by atoms with E-state index < -0.39 is 6.03 Å². The van der Waals surface area contributed by atoms with Gasteiger partial charge in [0.15, 0.2) is 0 Å². The summed E-state index contributed by atoms with van der Waals surface area (Å²) in [5.41, 5.74) is 0.322. The quantitative estimate of drug-likeness (QED) is 0.838. The topological polar surface area (TPSA) is 44.7 Å². The molecule has 1 aromatic rings. The maximum absolute atomic E-state index is 11.8. The Kier molecular flexibility index (Phi) is 4.55. The SMILES string of the molecule is CN1CCC/C1=N\C(=O)Nc1c(Cl)cc(Cl)cc1Cl. The normalized spacial score (nSPS) is 17.1. The first-order valence-corrected chi connectivity index (χ1v) is 6.85. The fourth-order valence-electron chi connectivity index (χ4n) is 1.85. The molecule has 7 heteroatoms. The number of nitrogens with one attached hydrogen (secondary N) is 1. The third-order valence-electron chi connectivity index (χ3n) is 2.80. The molecular formula is C12H12Cl3N3O. The lowest BCUT2D eigenvalue weighted by Gasteiger charge is -2.11. The molecule has 4 nitrogen and oxygen atoms in total. The van der Waals surface area contributed by atoms with Crippen molar-refractivity contribution in [2.45, 2.75) is 12.8 Å². The third-order valence-corrected chi connectivity index (χ3v) is 3.62. The molecule has 19 heavy (non-hydrogen) atoms. The van der Waals surface area contributed by atoms with Crippen LogP contribution < -0.4 is 5.32 Å². The van der Waals surface area contributed by atoms with Crippen LogP contribution in [-0.4, -0.2) is 30.4 Å². The summed E-state index contributed by atoms with van der Waals surface area (Å²) in [6.07, 6.45) is 1.80. The first kappa shape index (κ1) is 14.4. The standard InChI is InChI=1S/C12H12Cl3N3O/c1-18-4-2-3-10(18)16-12(19)17-11-8(14)5-7(13)6-9(11)15/h5-6H,2-4H2,1H3,(H,17,19)/b16-10+. The van der Waals surface area contributed by atoms with Gasteiger partial charge in [0.2, 0.25) is 0 Å². The fourth-order valence-corrected chi connectivity index (χ4v) is 2.76. The van der Waals surface area contributed by atoms with E-state index in [1.54, 1.807) is 0 Å². The van der Waals surface area contributed by atoms with Gasteiger partial charge in [-0.2, -0.15) is 4.99 Å². The second-order valence-corrected chi connectivity index (χ2v) is 5.48. The first-order chi connectivity index (χ1) is 8.97. The van der Waals surface area contributed by atoms with Gasteiger partial charge in [-0.3, -0.25) is 0 Å². The van der Waals surface area contributed by atoms with E-state index in [0.717, 1.165) is 25.2 Å². The third kappa shape index (κ3) is 3.53. The van der Waals surface area contributed by atoms with Crippen LogP contribution in [0.15, 0.2) is 17.1 Å². The van der Waals surface area contributed by atoms with Crippen molar-refractivity contribution in [3.8, 4) is 0 Å². The Morgan fingerprint density at radius 2 is 1.95 bits per heavy atom. The Morgan fingerprint density at radius 3 is 2.47 bits per heavy atom. The number of urea groups is 1. The van der Waals surface area contributed by atoms with Crippen molar-refractivity contribution in [1.29, 1.82) is 0 Å². The Labute approximate surface area is 126 Å². The number of aliphatic imine (C=N–C) groups is 1. The van der Waals surface area contributed by atoms with E-state index in [2.05, 4.69) is 10.3 Å². The number of rotatable bonds is 1. The summed E-state index contributed by atoms with van der Waals surface area (Å²) in [5.74, 6) is 0.763. The molecule has 0 atom stereocenters. The molecule has 0 radical (unpaired) electrons. The molecule has 1 aliphatic rings. The number of amidine groups is 1. The van der Waals surface area contributed by atoms with Crippen molar-refractivity contribution >= 4 is 52.4 Å². The highest BCUT2D eigenvalue weighted by Gasteiger charge is 2.17. The Balaban J connectivity index is 2.16. The van der Waals surface area contributed by atoms with Crippen LogP contribution in [0.25, 0.3) is 0 Å². The number of benzene rings is 1. The lowest BCUT2D eigenvalue weighted by Crippen LogP contribution is -2.21. The number of anilines is 1. The molecular weight excluding hydrogens is 309 g/mol. The van der Waals surface area contributed by atoms with Crippen molar-refractivity contribution in [3.05, 3.63) is 27.2 Å². The summed E-state index contributed by atoms with van der Waals surface area (Å²) in [4.78, 5) is 17.8. The van der Waals surface area contributed by atoms with Crippen LogP contribution in [0.1, 0.15) is 12.8 Å². The monoisotopic (exact) mass is 319 g/mol. The summed E-state index contributed by atoms with van der Waals surface area (Å²) in [7, 11) is 1.90. The van der Waals surface area contributed by atoms with Gasteiger partial charge < -0.3 is 10.2 Å². The van der Waals surface area contributed by atoms with Crippen LogP contribution in [-0.2, 0) is 0 Å². The molecule has 0 saturated carbocycles. The van der Waals surface area contributed by atoms with Gasteiger partial charge in [-0.25, -0.2) is 4.79 Å². The number of carbonyl (C=O) groups excluding carboxylic acids is 1. The molecule has 0 unspecified atom stereocenters. The number of likely N-dealkylation sites (tertiary alicyclic amines) is 1. The molecule has 102 valence electrons. The molecule has 0 aliphatic carbocycles. The van der Waals surface area contributed by atoms with Crippen LogP contribution in [0, 0.1) is 0 Å². The minimum atomic E-state index is -0.491. The highest BCUT2D eigenvalue weighted by Crippen LogP contribution is 2.33. The van der Waals surface area contributed by atoms with Crippen molar-refractivity contribution in [3.63, 3.8) is 0 Å². The zero-order valence-corrected chi connectivity index (χ0v) is 12.5. The van der Waals surface area contributed by atoms with Gasteiger partial charge in [0.1, 0.15) is 5.84 Å². The summed E-state index contributed by atoms with van der Waals surface area (Å²) in [6.45, 7) is 0.911. The average molecular weight is 321 g/mol. The van der Waals surface area contributed by atoms with E-state index in [1.807, 2.05) is 11.9 Å². The summed E-state index contributed by atoms with van der Waals surface area (Å²) < 4.78 is 0. The van der Waals surface area contributed by atoms with E-state index in [4.69, 9.17) is 34.8 Å². The largest absolute Gasteiger partial charge is 0.363 e. The molecule has 2 rings (SSSR count). The van der Waals surface area contributed by atoms with Gasteiger partial charge in [0.25, 0.3) is 0 Å². The predicted octanol–water partition coefficient (Wildman–Crippen LogP) is 4.30. The van der Waals surface area contributed by atoms with Gasteiger partial charge in [0.05, 0.1) is 15.7 Å². The van der Waals surface area contributed by atoms with Crippen molar-refractivity contribution in [2.24, 2.45) is 4.99 Å². The molecule has 0 aromatic heterocycles. The summed E-state index contributed by atoms with van der Waals surface area (Å²) in [6, 6.07) is 2.54. The maximum atomic E-state index is 11.8. The molecule has 0 bridgehead atoms. The van der Waals surface area contributed by atoms with Gasteiger partial charge in [-0.05, 0) is 18.6 Å². The van der Waals surface area contributed by atoms with Crippen LogP contribution >= 0.6 is 34.8 Å². The lowest BCUT2D eigenvalue weighted by atomic mass is 10.3. The number of nitrogens with zero attached hydrogens (tertiary/aromatic N) is 2. The molecule has 1 fully saturated rings. The van der Waals surface area contributed by atoms with E-state index in [-0.39, 0.29) is 10.0 Å². The second-order valence-electron chi connectivity index (χ2n) is 4.23.